The first-order valence-corrected chi connectivity index (χ1v) is 11.7. The minimum Gasteiger partial charge on any atom is -0.487 e. The van der Waals surface area contributed by atoms with Gasteiger partial charge in [-0.05, 0) is 42.3 Å². The third-order valence-electron chi connectivity index (χ3n) is 5.82. The monoisotopic (exact) mass is 487 g/mol. The molecule has 0 bridgehead atoms. The van der Waals surface area contributed by atoms with Gasteiger partial charge in [0.05, 0.1) is 30.5 Å². The molecule has 1 unspecified atom stereocenters. The Hall–Kier alpha value is -4.17. The summed E-state index contributed by atoms with van der Waals surface area (Å²) in [5.41, 5.74) is 3.35. The van der Waals surface area contributed by atoms with Gasteiger partial charge in [-0.2, -0.15) is 0 Å². The largest absolute Gasteiger partial charge is 0.487 e. The number of carbonyl (C=O) groups excluding carboxylic acids is 2. The van der Waals surface area contributed by atoms with E-state index in [1.54, 1.807) is 25.1 Å². The van der Waals surface area contributed by atoms with Crippen LogP contribution in [-0.4, -0.2) is 42.2 Å². The third kappa shape index (κ3) is 6.09. The molecule has 4 rings (SSSR count). The fraction of sp³-hybridized carbons (Fsp3) is 0.250. The number of pyridine rings is 1. The number of hydrogen-bond donors (Lipinski definition) is 1. The number of esters is 1. The normalized spacial score (nSPS) is 15.4. The zero-order chi connectivity index (χ0) is 25.3. The van der Waals surface area contributed by atoms with Gasteiger partial charge < -0.3 is 19.5 Å². The molecule has 1 aromatic heterocycles. The van der Waals surface area contributed by atoms with Crippen LogP contribution in [0.1, 0.15) is 29.8 Å². The Balaban J connectivity index is 1.63. The first-order chi connectivity index (χ1) is 17.6. The van der Waals surface area contributed by atoms with Crippen LogP contribution in [0.15, 0.2) is 90.3 Å². The number of ether oxygens (including phenoxy) is 3. The van der Waals surface area contributed by atoms with E-state index in [-0.39, 0.29) is 19.2 Å². The summed E-state index contributed by atoms with van der Waals surface area (Å²) < 4.78 is 16.4. The van der Waals surface area contributed by atoms with E-state index in [9.17, 15) is 9.59 Å². The van der Waals surface area contributed by atoms with Crippen LogP contribution < -0.4 is 10.1 Å². The van der Waals surface area contributed by atoms with Crippen molar-refractivity contribution >= 4 is 12.0 Å². The van der Waals surface area contributed by atoms with E-state index in [0.717, 1.165) is 11.3 Å². The van der Waals surface area contributed by atoms with E-state index in [1.165, 1.54) is 0 Å². The van der Waals surface area contributed by atoms with Crippen molar-refractivity contribution in [2.75, 3.05) is 20.3 Å². The maximum Gasteiger partial charge on any atom is 0.338 e. The topological polar surface area (TPSA) is 90.0 Å². The van der Waals surface area contributed by atoms with E-state index in [1.807, 2.05) is 72.8 Å². The van der Waals surface area contributed by atoms with Crippen LogP contribution in [0.2, 0.25) is 0 Å². The first kappa shape index (κ1) is 24.9. The van der Waals surface area contributed by atoms with Gasteiger partial charge in [0.1, 0.15) is 19.0 Å². The van der Waals surface area contributed by atoms with Gasteiger partial charge >= 0.3 is 12.0 Å². The van der Waals surface area contributed by atoms with Crippen molar-refractivity contribution in [1.82, 2.24) is 15.2 Å². The molecule has 8 heteroatoms. The minimum atomic E-state index is -0.696. The second-order valence-electron chi connectivity index (χ2n) is 8.26. The number of rotatable bonds is 10. The lowest BCUT2D eigenvalue weighted by atomic mass is 9.94. The number of methoxy groups -OCH3 is 1. The molecule has 0 saturated carbocycles. The predicted molar refractivity (Wildman–Crippen MR) is 134 cm³/mol. The lowest BCUT2D eigenvalue weighted by Gasteiger charge is -2.35. The van der Waals surface area contributed by atoms with Crippen LogP contribution in [0.3, 0.4) is 0 Å². The molecule has 0 radical (unpaired) electrons. The molecule has 36 heavy (non-hydrogen) atoms. The highest BCUT2D eigenvalue weighted by molar-refractivity contribution is 5.95. The number of nitrogens with zero attached hydrogens (tertiary/aromatic N) is 2. The highest BCUT2D eigenvalue weighted by Crippen LogP contribution is 2.33. The van der Waals surface area contributed by atoms with Crippen LogP contribution in [0.25, 0.3) is 0 Å². The SMILES string of the molecule is COCCOC(=O)C1=C(C)N(Cc2ccccc2)C(=O)NC1c1cccc(OCc2ccccn2)c1. The zero-order valence-electron chi connectivity index (χ0n) is 20.3. The smallest absolute Gasteiger partial charge is 0.338 e. The van der Waals surface area contributed by atoms with Crippen LogP contribution in [0.4, 0.5) is 4.79 Å². The quantitative estimate of drug-likeness (QED) is 0.337. The second kappa shape index (κ2) is 12.0. The van der Waals surface area contributed by atoms with Gasteiger partial charge in [-0.3, -0.25) is 9.88 Å². The van der Waals surface area contributed by atoms with Gasteiger partial charge in [0, 0.05) is 19.0 Å². The molecule has 3 aromatic rings. The molecule has 1 N–H and O–H groups in total. The summed E-state index contributed by atoms with van der Waals surface area (Å²) in [5, 5.41) is 2.98. The van der Waals surface area contributed by atoms with Crippen LogP contribution in [0, 0.1) is 0 Å². The van der Waals surface area contributed by atoms with Gasteiger partial charge in [-0.1, -0.05) is 48.5 Å². The lowest BCUT2D eigenvalue weighted by Crippen LogP contribution is -2.47. The van der Waals surface area contributed by atoms with Crippen LogP contribution in [0.5, 0.6) is 5.75 Å². The van der Waals surface area contributed by atoms with Gasteiger partial charge in [0.15, 0.2) is 0 Å². The third-order valence-corrected chi connectivity index (χ3v) is 5.82. The molecule has 8 nitrogen and oxygen atoms in total. The average molecular weight is 488 g/mol. The number of benzene rings is 2. The van der Waals surface area contributed by atoms with Gasteiger partial charge in [-0.15, -0.1) is 0 Å². The maximum absolute atomic E-state index is 13.2. The number of carbonyl (C=O) groups is 2. The fourth-order valence-corrected chi connectivity index (χ4v) is 3.97. The molecular formula is C28H29N3O5. The van der Waals surface area contributed by atoms with Crippen molar-refractivity contribution in [1.29, 1.82) is 0 Å². The summed E-state index contributed by atoms with van der Waals surface area (Å²) >= 11 is 0. The molecule has 2 aromatic carbocycles. The highest BCUT2D eigenvalue weighted by Gasteiger charge is 2.36. The van der Waals surface area contributed by atoms with Crippen LogP contribution >= 0.6 is 0 Å². The number of nitrogens with one attached hydrogen (secondary N) is 1. The Morgan fingerprint density at radius 2 is 1.83 bits per heavy atom. The van der Waals surface area contributed by atoms with E-state index in [0.29, 0.717) is 35.7 Å². The summed E-state index contributed by atoms with van der Waals surface area (Å²) in [4.78, 5) is 32.2. The number of allylic oxidation sites excluding steroid dienone is 1. The van der Waals surface area contributed by atoms with Gasteiger partial charge in [0.2, 0.25) is 0 Å². The van der Waals surface area contributed by atoms with Crippen molar-refractivity contribution in [3.05, 3.63) is 107 Å². The number of hydrogen-bond acceptors (Lipinski definition) is 6. The summed E-state index contributed by atoms with van der Waals surface area (Å²) in [7, 11) is 1.54. The highest BCUT2D eigenvalue weighted by atomic mass is 16.6. The maximum atomic E-state index is 13.2. The van der Waals surface area contributed by atoms with Gasteiger partial charge in [0.25, 0.3) is 0 Å². The first-order valence-electron chi connectivity index (χ1n) is 11.7. The Bertz CT molecular complexity index is 1210. The van der Waals surface area contributed by atoms with E-state index in [4.69, 9.17) is 14.2 Å². The van der Waals surface area contributed by atoms with E-state index >= 15 is 0 Å². The molecule has 186 valence electrons. The summed E-state index contributed by atoms with van der Waals surface area (Å²) in [5.74, 6) is 0.0938. The Morgan fingerprint density at radius 1 is 1.03 bits per heavy atom. The van der Waals surface area contributed by atoms with Crippen molar-refractivity contribution in [3.8, 4) is 5.75 Å². The van der Waals surface area contributed by atoms with Crippen molar-refractivity contribution in [3.63, 3.8) is 0 Å². The number of amides is 2. The second-order valence-corrected chi connectivity index (χ2v) is 8.26. The summed E-state index contributed by atoms with van der Waals surface area (Å²) in [6.07, 6.45) is 1.71. The average Bonchev–Trinajstić information content (AvgIpc) is 2.91. The predicted octanol–water partition coefficient (Wildman–Crippen LogP) is 4.39. The Morgan fingerprint density at radius 3 is 2.58 bits per heavy atom. The lowest BCUT2D eigenvalue weighted by molar-refractivity contribution is -0.140. The van der Waals surface area contributed by atoms with Crippen molar-refractivity contribution < 1.29 is 23.8 Å². The molecule has 0 fully saturated rings. The molecule has 1 aliphatic rings. The molecule has 0 aliphatic carbocycles. The Kier molecular flexibility index (Phi) is 8.31. The standard InChI is InChI=1S/C28H29N3O5/c1-20-25(27(32)35-16-15-34-2)26(30-28(33)31(20)18-21-9-4-3-5-10-21)22-11-8-13-24(17-22)36-19-23-12-6-7-14-29-23/h3-14,17,26H,15-16,18-19H2,1-2H3,(H,30,33). The number of urea groups is 1. The fourth-order valence-electron chi connectivity index (χ4n) is 3.97. The molecule has 0 spiro atoms. The van der Waals surface area contributed by atoms with E-state index in [2.05, 4.69) is 10.3 Å². The zero-order valence-corrected chi connectivity index (χ0v) is 20.3. The summed E-state index contributed by atoms with van der Waals surface area (Å²) in [6, 6.07) is 21.6. The molecular weight excluding hydrogens is 458 g/mol. The molecule has 2 heterocycles. The molecule has 1 atom stereocenters. The summed E-state index contributed by atoms with van der Waals surface area (Å²) in [6.45, 7) is 2.78. The van der Waals surface area contributed by atoms with Gasteiger partial charge in [-0.25, -0.2) is 9.59 Å². The molecule has 2 amide bonds. The van der Waals surface area contributed by atoms with Crippen LogP contribution in [-0.2, 0) is 27.4 Å². The van der Waals surface area contributed by atoms with E-state index < -0.39 is 12.0 Å². The molecule has 0 saturated heterocycles. The Labute approximate surface area is 210 Å². The van der Waals surface area contributed by atoms with Crippen molar-refractivity contribution in [2.24, 2.45) is 0 Å². The van der Waals surface area contributed by atoms with Crippen molar-refractivity contribution in [2.45, 2.75) is 26.1 Å². The number of aromatic nitrogens is 1. The minimum absolute atomic E-state index is 0.110. The molecule has 1 aliphatic heterocycles.